The van der Waals surface area contributed by atoms with Crippen molar-refractivity contribution in [2.75, 3.05) is 26.2 Å². The molecule has 1 atom stereocenters. The zero-order valence-corrected chi connectivity index (χ0v) is 13.6. The molecule has 0 aliphatic carbocycles. The number of hydrogen-bond donors (Lipinski definition) is 1. The first-order valence-electron chi connectivity index (χ1n) is 7.84. The molecular formula is C16H33N3. The van der Waals surface area contributed by atoms with Crippen LogP contribution in [-0.4, -0.2) is 37.1 Å². The van der Waals surface area contributed by atoms with E-state index in [-0.39, 0.29) is 6.04 Å². The molecule has 0 aromatic carbocycles. The van der Waals surface area contributed by atoms with Gasteiger partial charge in [-0.2, -0.15) is 5.26 Å². The minimum Gasteiger partial charge on any atom is -0.303 e. The molecule has 0 heterocycles. The summed E-state index contributed by atoms with van der Waals surface area (Å²) < 4.78 is 0. The van der Waals surface area contributed by atoms with Crippen molar-refractivity contribution in [1.82, 2.24) is 10.2 Å². The molecular weight excluding hydrogens is 234 g/mol. The lowest BCUT2D eigenvalue weighted by Gasteiger charge is -2.25. The monoisotopic (exact) mass is 267 g/mol. The van der Waals surface area contributed by atoms with Crippen LogP contribution in [0.15, 0.2) is 0 Å². The van der Waals surface area contributed by atoms with Crippen molar-refractivity contribution in [2.24, 2.45) is 11.8 Å². The van der Waals surface area contributed by atoms with Gasteiger partial charge < -0.3 is 10.2 Å². The van der Waals surface area contributed by atoms with E-state index in [4.69, 9.17) is 5.26 Å². The fourth-order valence-corrected chi connectivity index (χ4v) is 1.99. The minimum atomic E-state index is 0.00519. The lowest BCUT2D eigenvalue weighted by atomic mass is 10.1. The summed E-state index contributed by atoms with van der Waals surface area (Å²) in [5, 5.41) is 12.3. The Balaban J connectivity index is 4.12. The second kappa shape index (κ2) is 11.3. The van der Waals surface area contributed by atoms with Gasteiger partial charge in [-0.15, -0.1) is 0 Å². The number of hydrogen-bond acceptors (Lipinski definition) is 3. The van der Waals surface area contributed by atoms with E-state index in [0.29, 0.717) is 0 Å². The summed E-state index contributed by atoms with van der Waals surface area (Å²) in [6.07, 6.45) is 3.42. The van der Waals surface area contributed by atoms with Gasteiger partial charge in [0.2, 0.25) is 0 Å². The van der Waals surface area contributed by atoms with Crippen molar-refractivity contribution in [3.05, 3.63) is 0 Å². The van der Waals surface area contributed by atoms with E-state index in [1.54, 1.807) is 0 Å². The molecule has 0 saturated heterocycles. The average Bonchev–Trinajstić information content (AvgIpc) is 2.35. The smallest absolute Gasteiger partial charge is 0.0965 e. The summed E-state index contributed by atoms with van der Waals surface area (Å²) in [6.45, 7) is 15.4. The zero-order chi connectivity index (χ0) is 14.7. The third-order valence-electron chi connectivity index (χ3n) is 3.39. The van der Waals surface area contributed by atoms with Crippen molar-refractivity contribution in [2.45, 2.75) is 59.9 Å². The summed E-state index contributed by atoms with van der Waals surface area (Å²) >= 11 is 0. The number of nitriles is 1. The lowest BCUT2D eigenvalue weighted by Crippen LogP contribution is -2.35. The molecule has 0 aliphatic heterocycles. The molecule has 1 unspecified atom stereocenters. The first-order chi connectivity index (χ1) is 8.99. The quantitative estimate of drug-likeness (QED) is 0.624. The molecule has 0 radical (unpaired) electrons. The van der Waals surface area contributed by atoms with E-state index in [1.807, 2.05) is 0 Å². The van der Waals surface area contributed by atoms with Crippen LogP contribution in [0.2, 0.25) is 0 Å². The normalized spacial score (nSPS) is 13.2. The third-order valence-corrected chi connectivity index (χ3v) is 3.39. The fraction of sp³-hybridized carbons (Fsp3) is 0.938. The highest BCUT2D eigenvalue weighted by Gasteiger charge is 2.11. The summed E-state index contributed by atoms with van der Waals surface area (Å²) in [7, 11) is 0. The van der Waals surface area contributed by atoms with Crippen molar-refractivity contribution >= 4 is 0 Å². The Morgan fingerprint density at radius 3 is 1.79 bits per heavy atom. The lowest BCUT2D eigenvalue weighted by molar-refractivity contribution is 0.236. The van der Waals surface area contributed by atoms with Gasteiger partial charge in [0.15, 0.2) is 0 Å². The van der Waals surface area contributed by atoms with Crippen LogP contribution < -0.4 is 5.32 Å². The van der Waals surface area contributed by atoms with Gasteiger partial charge in [0.25, 0.3) is 0 Å². The van der Waals surface area contributed by atoms with E-state index in [2.05, 4.69) is 50.9 Å². The van der Waals surface area contributed by atoms with Crippen LogP contribution in [0.3, 0.4) is 0 Å². The molecule has 0 aliphatic rings. The van der Waals surface area contributed by atoms with Crippen LogP contribution in [-0.2, 0) is 0 Å². The molecule has 1 N–H and O–H groups in total. The standard InChI is InChI=1S/C16H33N3/c1-6-18-16(13-17)9-12-19(10-7-14(2)3)11-8-15(4)5/h14-16,18H,6-12H2,1-5H3. The van der Waals surface area contributed by atoms with Crippen molar-refractivity contribution in [3.8, 4) is 6.07 Å². The van der Waals surface area contributed by atoms with Gasteiger partial charge >= 0.3 is 0 Å². The average molecular weight is 267 g/mol. The number of nitrogens with one attached hydrogen (secondary N) is 1. The Kier molecular flexibility index (Phi) is 10.9. The van der Waals surface area contributed by atoms with E-state index in [1.165, 1.54) is 12.8 Å². The highest BCUT2D eigenvalue weighted by atomic mass is 15.1. The predicted octanol–water partition coefficient (Wildman–Crippen LogP) is 3.27. The molecule has 0 spiro atoms. The second-order valence-corrected chi connectivity index (χ2v) is 6.23. The van der Waals surface area contributed by atoms with Gasteiger partial charge in [-0.05, 0) is 50.7 Å². The highest BCUT2D eigenvalue weighted by molar-refractivity contribution is 4.89. The molecule has 0 amide bonds. The molecule has 112 valence electrons. The van der Waals surface area contributed by atoms with E-state index in [0.717, 1.165) is 44.4 Å². The molecule has 0 fully saturated rings. The fourth-order valence-electron chi connectivity index (χ4n) is 1.99. The Morgan fingerprint density at radius 2 is 1.42 bits per heavy atom. The molecule has 0 aromatic rings. The molecule has 0 aromatic heterocycles. The summed E-state index contributed by atoms with van der Waals surface area (Å²) in [5.74, 6) is 1.50. The maximum atomic E-state index is 9.08. The van der Waals surface area contributed by atoms with E-state index in [9.17, 15) is 0 Å². The van der Waals surface area contributed by atoms with Crippen LogP contribution in [0.4, 0.5) is 0 Å². The summed E-state index contributed by atoms with van der Waals surface area (Å²) in [6, 6.07) is 2.36. The summed E-state index contributed by atoms with van der Waals surface area (Å²) in [4.78, 5) is 2.53. The third kappa shape index (κ3) is 11.0. The maximum Gasteiger partial charge on any atom is 0.0965 e. The van der Waals surface area contributed by atoms with Gasteiger partial charge in [-0.1, -0.05) is 34.6 Å². The Morgan fingerprint density at radius 1 is 0.947 bits per heavy atom. The van der Waals surface area contributed by atoms with Crippen molar-refractivity contribution in [3.63, 3.8) is 0 Å². The minimum absolute atomic E-state index is 0.00519. The molecule has 0 bridgehead atoms. The predicted molar refractivity (Wildman–Crippen MR) is 83.0 cm³/mol. The maximum absolute atomic E-state index is 9.08. The topological polar surface area (TPSA) is 39.1 Å². The van der Waals surface area contributed by atoms with Crippen molar-refractivity contribution < 1.29 is 0 Å². The summed E-state index contributed by atoms with van der Waals surface area (Å²) in [5.41, 5.74) is 0. The SMILES string of the molecule is CCNC(C#N)CCN(CCC(C)C)CCC(C)C. The van der Waals surface area contributed by atoms with Gasteiger partial charge in [-0.3, -0.25) is 0 Å². The molecule has 0 saturated carbocycles. The van der Waals surface area contributed by atoms with Crippen molar-refractivity contribution in [1.29, 1.82) is 5.26 Å². The van der Waals surface area contributed by atoms with Gasteiger partial charge in [0, 0.05) is 6.54 Å². The first kappa shape index (κ1) is 18.4. The van der Waals surface area contributed by atoms with E-state index >= 15 is 0 Å². The van der Waals surface area contributed by atoms with E-state index < -0.39 is 0 Å². The Hall–Kier alpha value is -0.590. The zero-order valence-electron chi connectivity index (χ0n) is 13.6. The molecule has 3 nitrogen and oxygen atoms in total. The highest BCUT2D eigenvalue weighted by Crippen LogP contribution is 2.07. The molecule has 3 heteroatoms. The Labute approximate surface area is 120 Å². The van der Waals surface area contributed by atoms with Crippen LogP contribution in [0.1, 0.15) is 53.9 Å². The van der Waals surface area contributed by atoms with Gasteiger partial charge in [0.05, 0.1) is 12.1 Å². The first-order valence-corrected chi connectivity index (χ1v) is 7.84. The second-order valence-electron chi connectivity index (χ2n) is 6.23. The molecule has 0 rings (SSSR count). The number of nitrogens with zero attached hydrogens (tertiary/aromatic N) is 2. The number of rotatable bonds is 11. The van der Waals surface area contributed by atoms with Crippen LogP contribution in [0.5, 0.6) is 0 Å². The molecule has 19 heavy (non-hydrogen) atoms. The van der Waals surface area contributed by atoms with Gasteiger partial charge in [-0.25, -0.2) is 0 Å². The van der Waals surface area contributed by atoms with Gasteiger partial charge in [0.1, 0.15) is 0 Å². The Bertz CT molecular complexity index is 231. The van der Waals surface area contributed by atoms with Crippen LogP contribution in [0.25, 0.3) is 0 Å². The van der Waals surface area contributed by atoms with Crippen LogP contribution in [0, 0.1) is 23.2 Å². The largest absolute Gasteiger partial charge is 0.303 e. The van der Waals surface area contributed by atoms with Crippen LogP contribution >= 0.6 is 0 Å².